The summed E-state index contributed by atoms with van der Waals surface area (Å²) in [6.45, 7) is 6.78. The van der Waals surface area contributed by atoms with Crippen LogP contribution in [0.1, 0.15) is 45.6 Å². The lowest BCUT2D eigenvalue weighted by molar-refractivity contribution is -0.141. The Hall–Kier alpha value is -3.27. The van der Waals surface area contributed by atoms with E-state index in [0.717, 1.165) is 11.8 Å². The Kier molecular flexibility index (Phi) is 11.9. The molecule has 2 amide bonds. The minimum absolute atomic E-state index is 0.0834. The SMILES string of the molecule is CCC(C(=O)NCC(C)C)N(Cc1ccc(OC)cc1)C(=O)CCCN(c1cccc(OC)c1)S(C)(=O)=O. The molecule has 0 aromatic heterocycles. The predicted octanol–water partition coefficient (Wildman–Crippen LogP) is 3.83. The van der Waals surface area contributed by atoms with Crippen molar-refractivity contribution >= 4 is 27.5 Å². The number of rotatable bonds is 15. The molecular formula is C28H41N3O6S. The molecule has 0 fully saturated rings. The highest BCUT2D eigenvalue weighted by Crippen LogP contribution is 2.24. The molecule has 210 valence electrons. The number of amides is 2. The highest BCUT2D eigenvalue weighted by Gasteiger charge is 2.29. The second-order valence-corrected chi connectivity index (χ2v) is 11.5. The molecule has 9 nitrogen and oxygen atoms in total. The molecule has 1 N–H and O–H groups in total. The number of anilines is 1. The molecule has 0 saturated carbocycles. The molecule has 0 bridgehead atoms. The fraction of sp³-hybridized carbons (Fsp3) is 0.500. The van der Waals surface area contributed by atoms with Crippen LogP contribution < -0.4 is 19.1 Å². The summed E-state index contributed by atoms with van der Waals surface area (Å²) in [5, 5.41) is 2.95. The fourth-order valence-corrected chi connectivity index (χ4v) is 5.00. The maximum absolute atomic E-state index is 13.5. The van der Waals surface area contributed by atoms with E-state index in [1.165, 1.54) is 11.4 Å². The molecule has 0 heterocycles. The van der Waals surface area contributed by atoms with Crippen molar-refractivity contribution in [3.63, 3.8) is 0 Å². The van der Waals surface area contributed by atoms with E-state index in [-0.39, 0.29) is 43.7 Å². The van der Waals surface area contributed by atoms with Crippen molar-refractivity contribution < 1.29 is 27.5 Å². The van der Waals surface area contributed by atoms with Crippen LogP contribution in [-0.4, -0.2) is 64.7 Å². The molecule has 0 aliphatic carbocycles. The van der Waals surface area contributed by atoms with Gasteiger partial charge < -0.3 is 19.7 Å². The number of hydrogen-bond acceptors (Lipinski definition) is 6. The van der Waals surface area contributed by atoms with Gasteiger partial charge in [-0.1, -0.05) is 39.0 Å². The van der Waals surface area contributed by atoms with E-state index in [9.17, 15) is 18.0 Å². The lowest BCUT2D eigenvalue weighted by atomic mass is 10.1. The Morgan fingerprint density at radius 3 is 2.21 bits per heavy atom. The van der Waals surface area contributed by atoms with Crippen LogP contribution in [0.25, 0.3) is 0 Å². The van der Waals surface area contributed by atoms with E-state index in [2.05, 4.69) is 5.32 Å². The summed E-state index contributed by atoms with van der Waals surface area (Å²) in [4.78, 5) is 28.2. The second-order valence-electron chi connectivity index (χ2n) is 9.57. The van der Waals surface area contributed by atoms with Gasteiger partial charge in [0, 0.05) is 32.1 Å². The first-order chi connectivity index (χ1) is 18.0. The second kappa shape index (κ2) is 14.6. The summed E-state index contributed by atoms with van der Waals surface area (Å²) in [6.07, 6.45) is 1.95. The van der Waals surface area contributed by atoms with Gasteiger partial charge in [-0.2, -0.15) is 0 Å². The number of carbonyl (C=O) groups is 2. The smallest absolute Gasteiger partial charge is 0.242 e. The Labute approximate surface area is 227 Å². The van der Waals surface area contributed by atoms with Crippen molar-refractivity contribution in [2.75, 3.05) is 37.9 Å². The van der Waals surface area contributed by atoms with Gasteiger partial charge in [-0.05, 0) is 48.6 Å². The predicted molar refractivity (Wildman–Crippen MR) is 150 cm³/mol. The third kappa shape index (κ3) is 9.24. The lowest BCUT2D eigenvalue weighted by Gasteiger charge is -2.31. The first kappa shape index (κ1) is 31.0. The van der Waals surface area contributed by atoms with E-state index < -0.39 is 16.1 Å². The minimum atomic E-state index is -3.59. The van der Waals surface area contributed by atoms with Gasteiger partial charge in [-0.15, -0.1) is 0 Å². The molecule has 10 heteroatoms. The third-order valence-electron chi connectivity index (χ3n) is 6.08. The molecule has 38 heavy (non-hydrogen) atoms. The van der Waals surface area contributed by atoms with Crippen LogP contribution in [0.15, 0.2) is 48.5 Å². The molecule has 2 aromatic rings. The molecule has 2 aromatic carbocycles. The number of ether oxygens (including phenoxy) is 2. The minimum Gasteiger partial charge on any atom is -0.497 e. The van der Waals surface area contributed by atoms with Crippen LogP contribution in [0.5, 0.6) is 11.5 Å². The molecule has 1 atom stereocenters. The number of carbonyl (C=O) groups excluding carboxylic acids is 2. The molecule has 0 saturated heterocycles. The van der Waals surface area contributed by atoms with Gasteiger partial charge in [0.25, 0.3) is 0 Å². The number of sulfonamides is 1. The maximum Gasteiger partial charge on any atom is 0.242 e. The molecule has 0 aliphatic heterocycles. The van der Waals surface area contributed by atoms with Gasteiger partial charge in [0.15, 0.2) is 0 Å². The zero-order valence-corrected chi connectivity index (χ0v) is 24.1. The van der Waals surface area contributed by atoms with Crippen LogP contribution in [0.4, 0.5) is 5.69 Å². The lowest BCUT2D eigenvalue weighted by Crippen LogP contribution is -2.49. The third-order valence-corrected chi connectivity index (χ3v) is 7.27. The summed E-state index contributed by atoms with van der Waals surface area (Å²) < 4.78 is 36.8. The van der Waals surface area contributed by atoms with Gasteiger partial charge >= 0.3 is 0 Å². The molecular weight excluding hydrogens is 506 g/mol. The number of methoxy groups -OCH3 is 2. The Balaban J connectivity index is 2.22. The van der Waals surface area contributed by atoms with E-state index in [1.807, 2.05) is 45.0 Å². The fourth-order valence-electron chi connectivity index (χ4n) is 4.04. The van der Waals surface area contributed by atoms with Crippen LogP contribution in [0.3, 0.4) is 0 Å². The highest BCUT2D eigenvalue weighted by atomic mass is 32.2. The van der Waals surface area contributed by atoms with Gasteiger partial charge in [0.05, 0.1) is 26.2 Å². The van der Waals surface area contributed by atoms with Crippen LogP contribution in [0, 0.1) is 5.92 Å². The Morgan fingerprint density at radius 2 is 1.66 bits per heavy atom. The first-order valence-corrected chi connectivity index (χ1v) is 14.7. The van der Waals surface area contributed by atoms with E-state index in [0.29, 0.717) is 30.2 Å². The van der Waals surface area contributed by atoms with E-state index in [4.69, 9.17) is 9.47 Å². The largest absolute Gasteiger partial charge is 0.497 e. The summed E-state index contributed by atoms with van der Waals surface area (Å²) >= 11 is 0. The van der Waals surface area contributed by atoms with Crippen molar-refractivity contribution in [3.8, 4) is 11.5 Å². The summed E-state index contributed by atoms with van der Waals surface area (Å²) in [6, 6.07) is 13.5. The molecule has 2 rings (SSSR count). The Morgan fingerprint density at radius 1 is 1.00 bits per heavy atom. The summed E-state index contributed by atoms with van der Waals surface area (Å²) in [7, 11) is -0.488. The standard InChI is InChI=1S/C28H41N3O6S/c1-7-26(28(33)29-19-21(2)3)30(20-22-13-15-24(36-4)16-14-22)27(32)12-9-17-31(38(6,34)35)23-10-8-11-25(18-23)37-5/h8,10-11,13-16,18,21,26H,7,9,12,17,19-20H2,1-6H3,(H,29,33). The average molecular weight is 548 g/mol. The maximum atomic E-state index is 13.5. The van der Waals surface area contributed by atoms with Crippen molar-refractivity contribution in [1.82, 2.24) is 10.2 Å². The topological polar surface area (TPSA) is 105 Å². The molecule has 1 unspecified atom stereocenters. The zero-order valence-electron chi connectivity index (χ0n) is 23.3. The molecule has 0 radical (unpaired) electrons. The quantitative estimate of drug-likeness (QED) is 0.363. The number of nitrogens with zero attached hydrogens (tertiary/aromatic N) is 2. The first-order valence-electron chi connectivity index (χ1n) is 12.8. The molecule has 0 spiro atoms. The highest BCUT2D eigenvalue weighted by molar-refractivity contribution is 7.92. The Bertz CT molecular complexity index is 1150. The zero-order chi connectivity index (χ0) is 28.3. The van der Waals surface area contributed by atoms with Gasteiger partial charge in [0.2, 0.25) is 21.8 Å². The van der Waals surface area contributed by atoms with Crippen molar-refractivity contribution in [2.24, 2.45) is 5.92 Å². The van der Waals surface area contributed by atoms with Gasteiger partial charge in [0.1, 0.15) is 17.5 Å². The van der Waals surface area contributed by atoms with Crippen LogP contribution >= 0.6 is 0 Å². The van der Waals surface area contributed by atoms with Crippen molar-refractivity contribution in [2.45, 2.75) is 52.6 Å². The number of hydrogen-bond donors (Lipinski definition) is 1. The van der Waals surface area contributed by atoms with Gasteiger partial charge in [-0.3, -0.25) is 13.9 Å². The van der Waals surface area contributed by atoms with Crippen LogP contribution in [-0.2, 0) is 26.2 Å². The summed E-state index contributed by atoms with van der Waals surface area (Å²) in [5.74, 6) is 1.10. The average Bonchev–Trinajstić information content (AvgIpc) is 2.89. The van der Waals surface area contributed by atoms with E-state index >= 15 is 0 Å². The van der Waals surface area contributed by atoms with Crippen LogP contribution in [0.2, 0.25) is 0 Å². The summed E-state index contributed by atoms with van der Waals surface area (Å²) in [5.41, 5.74) is 1.33. The van der Waals surface area contributed by atoms with E-state index in [1.54, 1.807) is 36.3 Å². The normalized spacial score (nSPS) is 12.1. The van der Waals surface area contributed by atoms with Crippen molar-refractivity contribution in [3.05, 3.63) is 54.1 Å². The van der Waals surface area contributed by atoms with Crippen molar-refractivity contribution in [1.29, 1.82) is 0 Å². The number of nitrogens with one attached hydrogen (secondary N) is 1. The monoisotopic (exact) mass is 547 g/mol. The van der Waals surface area contributed by atoms with Gasteiger partial charge in [-0.25, -0.2) is 8.42 Å². The molecule has 0 aliphatic rings. The number of benzene rings is 2.